The second-order valence-corrected chi connectivity index (χ2v) is 7.72. The molecule has 0 amide bonds. The van der Waals surface area contributed by atoms with E-state index in [9.17, 15) is 5.26 Å². The van der Waals surface area contributed by atoms with E-state index in [1.165, 1.54) is 0 Å². The summed E-state index contributed by atoms with van der Waals surface area (Å²) in [6.07, 6.45) is 0.950. The van der Waals surface area contributed by atoms with Gasteiger partial charge in [-0.2, -0.15) is 5.26 Å². The number of benzene rings is 3. The quantitative estimate of drug-likeness (QED) is 0.459. The molecule has 158 valence electrons. The Morgan fingerprint density at radius 2 is 1.88 bits per heavy atom. The molecule has 1 atom stereocenters. The fourth-order valence-electron chi connectivity index (χ4n) is 4.12. The molecule has 32 heavy (non-hydrogen) atoms. The third-order valence-electron chi connectivity index (χ3n) is 5.66. The van der Waals surface area contributed by atoms with Crippen LogP contribution in [0.15, 0.2) is 78.2 Å². The molecule has 1 aromatic heterocycles. The first kappa shape index (κ1) is 19.7. The van der Waals surface area contributed by atoms with Crippen LogP contribution in [0.25, 0.3) is 22.0 Å². The van der Waals surface area contributed by atoms with Crippen LogP contribution < -0.4 is 15.2 Å². The lowest BCUT2D eigenvalue weighted by atomic mass is 9.82. The fourth-order valence-corrected chi connectivity index (χ4v) is 4.12. The molecule has 1 aliphatic rings. The van der Waals surface area contributed by atoms with E-state index < -0.39 is 5.92 Å². The SMILES string of the molecule is CCCOc1ccc(-c2[nH]nc3c2C(c2ccc4ccccc4c2)C(C#N)=C(N)O3)cc1. The first-order valence-corrected chi connectivity index (χ1v) is 10.6. The van der Waals surface area contributed by atoms with E-state index in [0.717, 1.165) is 45.3 Å². The molecular weight excluding hydrogens is 400 g/mol. The van der Waals surface area contributed by atoms with Crippen molar-refractivity contribution in [3.8, 4) is 29.0 Å². The van der Waals surface area contributed by atoms with Crippen LogP contribution in [0.4, 0.5) is 0 Å². The Morgan fingerprint density at radius 3 is 2.62 bits per heavy atom. The van der Waals surface area contributed by atoms with E-state index in [2.05, 4.69) is 47.5 Å². The zero-order valence-corrected chi connectivity index (χ0v) is 17.6. The van der Waals surface area contributed by atoms with Crippen LogP contribution in [0, 0.1) is 11.3 Å². The summed E-state index contributed by atoms with van der Waals surface area (Å²) in [6, 6.07) is 24.4. The molecule has 3 N–H and O–H groups in total. The summed E-state index contributed by atoms with van der Waals surface area (Å²) in [6.45, 7) is 2.75. The van der Waals surface area contributed by atoms with Crippen LogP contribution in [0.5, 0.6) is 11.6 Å². The maximum absolute atomic E-state index is 9.93. The predicted molar refractivity (Wildman–Crippen MR) is 123 cm³/mol. The van der Waals surface area contributed by atoms with Gasteiger partial charge in [-0.15, -0.1) is 5.10 Å². The average molecular weight is 422 g/mol. The van der Waals surface area contributed by atoms with Gasteiger partial charge >= 0.3 is 0 Å². The highest BCUT2D eigenvalue weighted by Gasteiger charge is 2.35. The number of H-pyrrole nitrogens is 1. The molecule has 0 saturated carbocycles. The monoisotopic (exact) mass is 422 g/mol. The van der Waals surface area contributed by atoms with E-state index in [0.29, 0.717) is 18.1 Å². The molecular formula is C26H22N4O2. The minimum Gasteiger partial charge on any atom is -0.494 e. The highest BCUT2D eigenvalue weighted by molar-refractivity contribution is 5.84. The van der Waals surface area contributed by atoms with E-state index in [1.54, 1.807) is 0 Å². The maximum atomic E-state index is 9.93. The topological polar surface area (TPSA) is 97.0 Å². The van der Waals surface area contributed by atoms with Gasteiger partial charge in [-0.3, -0.25) is 5.10 Å². The Balaban J connectivity index is 1.63. The largest absolute Gasteiger partial charge is 0.494 e. The second kappa shape index (κ2) is 8.12. The van der Waals surface area contributed by atoms with Crippen LogP contribution in [-0.2, 0) is 0 Å². The van der Waals surface area contributed by atoms with E-state index >= 15 is 0 Å². The number of ether oxygens (including phenoxy) is 2. The summed E-state index contributed by atoms with van der Waals surface area (Å²) in [7, 11) is 0. The molecule has 0 radical (unpaired) electrons. The smallest absolute Gasteiger partial charge is 0.244 e. The fraction of sp³-hybridized carbons (Fsp3) is 0.154. The number of nitriles is 1. The molecule has 1 aliphatic heterocycles. The number of nitrogens with zero attached hydrogens (tertiary/aromatic N) is 2. The zero-order valence-electron chi connectivity index (χ0n) is 17.6. The molecule has 0 aliphatic carbocycles. The number of aromatic nitrogens is 2. The lowest BCUT2D eigenvalue weighted by Crippen LogP contribution is -2.21. The second-order valence-electron chi connectivity index (χ2n) is 7.72. The zero-order chi connectivity index (χ0) is 22.1. The number of nitrogens with one attached hydrogen (secondary N) is 1. The molecule has 3 aromatic carbocycles. The summed E-state index contributed by atoms with van der Waals surface area (Å²) >= 11 is 0. The number of fused-ring (bicyclic) bond motifs is 2. The van der Waals surface area contributed by atoms with Gasteiger partial charge in [-0.25, -0.2) is 0 Å². The molecule has 6 heteroatoms. The number of rotatable bonds is 5. The highest BCUT2D eigenvalue weighted by atomic mass is 16.5. The van der Waals surface area contributed by atoms with Gasteiger partial charge in [0.15, 0.2) is 0 Å². The Morgan fingerprint density at radius 1 is 1.09 bits per heavy atom. The summed E-state index contributed by atoms with van der Waals surface area (Å²) in [5.74, 6) is 0.895. The molecule has 0 saturated heterocycles. The van der Waals surface area contributed by atoms with Crippen molar-refractivity contribution in [1.29, 1.82) is 5.26 Å². The van der Waals surface area contributed by atoms with Gasteiger partial charge in [-0.1, -0.05) is 49.4 Å². The summed E-state index contributed by atoms with van der Waals surface area (Å²) in [5.41, 5.74) is 9.97. The van der Waals surface area contributed by atoms with Gasteiger partial charge in [0.2, 0.25) is 11.8 Å². The molecule has 6 nitrogen and oxygen atoms in total. The van der Waals surface area contributed by atoms with E-state index in [4.69, 9.17) is 15.2 Å². The third-order valence-corrected chi connectivity index (χ3v) is 5.66. The van der Waals surface area contributed by atoms with Gasteiger partial charge in [0, 0.05) is 5.56 Å². The Labute approximate surface area is 185 Å². The van der Waals surface area contributed by atoms with Crippen molar-refractivity contribution in [2.75, 3.05) is 6.61 Å². The third kappa shape index (κ3) is 3.34. The maximum Gasteiger partial charge on any atom is 0.244 e. The van der Waals surface area contributed by atoms with Crippen molar-refractivity contribution in [3.63, 3.8) is 0 Å². The van der Waals surface area contributed by atoms with Crippen molar-refractivity contribution in [2.45, 2.75) is 19.3 Å². The number of aromatic amines is 1. The summed E-state index contributed by atoms with van der Waals surface area (Å²) < 4.78 is 11.4. The molecule has 4 aromatic rings. The Bertz CT molecular complexity index is 1360. The van der Waals surface area contributed by atoms with Crippen LogP contribution in [-0.4, -0.2) is 16.8 Å². The first-order valence-electron chi connectivity index (χ1n) is 10.6. The van der Waals surface area contributed by atoms with Crippen molar-refractivity contribution in [1.82, 2.24) is 10.2 Å². The van der Waals surface area contributed by atoms with Gasteiger partial charge in [0.1, 0.15) is 17.4 Å². The lowest BCUT2D eigenvalue weighted by molar-refractivity contribution is 0.317. The summed E-state index contributed by atoms with van der Waals surface area (Å²) in [5, 5.41) is 19.6. The van der Waals surface area contributed by atoms with Crippen molar-refractivity contribution < 1.29 is 9.47 Å². The van der Waals surface area contributed by atoms with E-state index in [-0.39, 0.29) is 5.88 Å². The Hall–Kier alpha value is -4.24. The molecule has 1 unspecified atom stereocenters. The van der Waals surface area contributed by atoms with E-state index in [1.807, 2.05) is 42.5 Å². The number of hydrogen-bond donors (Lipinski definition) is 2. The number of allylic oxidation sites excluding steroid dienone is 1. The highest BCUT2D eigenvalue weighted by Crippen LogP contribution is 2.46. The van der Waals surface area contributed by atoms with Gasteiger partial charge < -0.3 is 15.2 Å². The molecule has 2 heterocycles. The van der Waals surface area contributed by atoms with Gasteiger partial charge in [0.25, 0.3) is 0 Å². The van der Waals surface area contributed by atoms with Gasteiger partial charge in [-0.05, 0) is 47.0 Å². The van der Waals surface area contributed by atoms with Crippen molar-refractivity contribution in [2.24, 2.45) is 5.73 Å². The van der Waals surface area contributed by atoms with Crippen LogP contribution in [0.3, 0.4) is 0 Å². The van der Waals surface area contributed by atoms with Crippen LogP contribution >= 0.6 is 0 Å². The molecule has 0 fully saturated rings. The number of nitrogens with two attached hydrogens (primary N) is 1. The Kier molecular flexibility index (Phi) is 5.00. The first-order chi connectivity index (χ1) is 15.7. The van der Waals surface area contributed by atoms with Gasteiger partial charge in [0.05, 0.1) is 23.8 Å². The molecule has 5 rings (SSSR count). The van der Waals surface area contributed by atoms with Crippen molar-refractivity contribution >= 4 is 10.8 Å². The number of hydrogen-bond acceptors (Lipinski definition) is 5. The average Bonchev–Trinajstić information content (AvgIpc) is 3.25. The summed E-state index contributed by atoms with van der Waals surface area (Å²) in [4.78, 5) is 0. The normalized spacial score (nSPS) is 15.2. The van der Waals surface area contributed by atoms with Crippen molar-refractivity contribution in [3.05, 3.63) is 89.3 Å². The standard InChI is InChI=1S/C26H22N4O2/c1-2-13-31-20-11-9-17(10-12-20)24-23-22(21(15-27)25(28)32-26(23)30-29-24)19-8-7-16-5-3-4-6-18(16)14-19/h3-12,14,22H,2,13,28H2,1H3,(H,29,30). The van der Waals surface area contributed by atoms with Crippen LogP contribution in [0.1, 0.15) is 30.4 Å². The lowest BCUT2D eigenvalue weighted by Gasteiger charge is -2.24. The van der Waals surface area contributed by atoms with Crippen LogP contribution in [0.2, 0.25) is 0 Å². The minimum absolute atomic E-state index is 0.0829. The molecule has 0 bridgehead atoms. The molecule has 0 spiro atoms. The minimum atomic E-state index is -0.391. The predicted octanol–water partition coefficient (Wildman–Crippen LogP) is 5.24.